The summed E-state index contributed by atoms with van der Waals surface area (Å²) in [6, 6.07) is 2.08. The number of aromatic nitrogens is 2. The van der Waals surface area contributed by atoms with Crippen molar-refractivity contribution in [1.29, 1.82) is 0 Å². The van der Waals surface area contributed by atoms with Crippen LogP contribution in [0.25, 0.3) is 0 Å². The van der Waals surface area contributed by atoms with Crippen molar-refractivity contribution in [3.05, 3.63) is 17.5 Å². The Labute approximate surface area is 192 Å². The highest BCUT2D eigenvalue weighted by molar-refractivity contribution is 14.0. The first kappa shape index (κ1) is 27.5. The third-order valence-corrected chi connectivity index (χ3v) is 3.97. The van der Waals surface area contributed by atoms with Crippen LogP contribution in [-0.2, 0) is 11.3 Å². The molecular formula is C20H39IN6O2. The summed E-state index contributed by atoms with van der Waals surface area (Å²) in [5, 5.41) is 14.0. The van der Waals surface area contributed by atoms with E-state index in [0.29, 0.717) is 18.4 Å². The summed E-state index contributed by atoms with van der Waals surface area (Å²) < 4.78 is 7.36. The van der Waals surface area contributed by atoms with Crippen LogP contribution in [0.4, 0.5) is 4.79 Å². The summed E-state index contributed by atoms with van der Waals surface area (Å²) in [5.41, 5.74) is 1.19. The van der Waals surface area contributed by atoms with E-state index in [9.17, 15) is 4.79 Å². The molecule has 0 saturated carbocycles. The van der Waals surface area contributed by atoms with Gasteiger partial charge in [0.2, 0.25) is 0 Å². The zero-order chi connectivity index (χ0) is 21.5. The number of aliphatic imine (C=N–C) groups is 1. The van der Waals surface area contributed by atoms with E-state index in [0.717, 1.165) is 18.8 Å². The molecule has 0 saturated heterocycles. The number of rotatable bonds is 7. The van der Waals surface area contributed by atoms with E-state index in [-0.39, 0.29) is 24.0 Å². The van der Waals surface area contributed by atoms with Crippen molar-refractivity contribution < 1.29 is 9.53 Å². The van der Waals surface area contributed by atoms with Crippen molar-refractivity contribution in [2.75, 3.05) is 20.1 Å². The normalized spacial score (nSPS) is 13.3. The molecule has 0 aliphatic carbocycles. The van der Waals surface area contributed by atoms with Crippen molar-refractivity contribution in [2.24, 2.45) is 10.9 Å². The number of nitrogens with one attached hydrogen (secondary N) is 3. The first-order chi connectivity index (χ1) is 12.8. The molecule has 1 rings (SSSR count). The molecule has 0 bridgehead atoms. The van der Waals surface area contributed by atoms with Gasteiger partial charge in [-0.1, -0.05) is 6.92 Å². The minimum Gasteiger partial charge on any atom is -0.444 e. The molecule has 0 fully saturated rings. The molecule has 1 unspecified atom stereocenters. The molecule has 0 spiro atoms. The number of alkyl carbamates (subject to hydrolysis) is 1. The molecule has 8 nitrogen and oxygen atoms in total. The van der Waals surface area contributed by atoms with Crippen LogP contribution in [0, 0.1) is 19.8 Å². The average Bonchev–Trinajstić information content (AvgIpc) is 2.82. The van der Waals surface area contributed by atoms with Crippen LogP contribution >= 0.6 is 24.0 Å². The fourth-order valence-corrected chi connectivity index (χ4v) is 2.64. The van der Waals surface area contributed by atoms with Crippen molar-refractivity contribution in [3.63, 3.8) is 0 Å². The molecule has 1 atom stereocenters. The molecule has 0 radical (unpaired) electrons. The molecule has 0 aromatic carbocycles. The molecular weight excluding hydrogens is 483 g/mol. The first-order valence-corrected chi connectivity index (χ1v) is 9.78. The van der Waals surface area contributed by atoms with Gasteiger partial charge in [0.15, 0.2) is 5.96 Å². The number of aryl methyl sites for hydroxylation is 2. The lowest BCUT2D eigenvalue weighted by Crippen LogP contribution is -2.54. The minimum absolute atomic E-state index is 0. The van der Waals surface area contributed by atoms with E-state index in [1.807, 2.05) is 46.2 Å². The predicted octanol–water partition coefficient (Wildman–Crippen LogP) is 3.22. The highest BCUT2D eigenvalue weighted by Gasteiger charge is 2.24. The van der Waals surface area contributed by atoms with Crippen LogP contribution in [0.15, 0.2) is 11.1 Å². The Morgan fingerprint density at radius 3 is 2.34 bits per heavy atom. The quantitative estimate of drug-likeness (QED) is 0.291. The van der Waals surface area contributed by atoms with Gasteiger partial charge in [0.1, 0.15) is 5.60 Å². The standard InChI is InChI=1S/C20H38N6O2.HI/c1-14(12-26-16(3)10-15(2)25-26)11-22-17(21-9)23-13-20(7,8)24-18(27)28-19(4,5)6;/h10,14H,11-13H2,1-9H3,(H,24,27)(H2,21,22,23);1H. The smallest absolute Gasteiger partial charge is 0.408 e. The number of carbonyl (C=O) groups excluding carboxylic acids is 1. The van der Waals surface area contributed by atoms with Crippen LogP contribution in [0.5, 0.6) is 0 Å². The minimum atomic E-state index is -0.521. The Balaban J connectivity index is 0.00000784. The van der Waals surface area contributed by atoms with Gasteiger partial charge >= 0.3 is 6.09 Å². The van der Waals surface area contributed by atoms with Crippen LogP contribution in [-0.4, -0.2) is 53.1 Å². The molecule has 3 N–H and O–H groups in total. The van der Waals surface area contributed by atoms with Crippen LogP contribution in [0.1, 0.15) is 52.9 Å². The van der Waals surface area contributed by atoms with Crippen LogP contribution < -0.4 is 16.0 Å². The van der Waals surface area contributed by atoms with Gasteiger partial charge in [0.25, 0.3) is 0 Å². The Morgan fingerprint density at radius 2 is 1.86 bits per heavy atom. The van der Waals surface area contributed by atoms with E-state index < -0.39 is 17.2 Å². The fourth-order valence-electron chi connectivity index (χ4n) is 2.64. The van der Waals surface area contributed by atoms with Crippen molar-refractivity contribution in [2.45, 2.75) is 73.1 Å². The Bertz CT molecular complexity index is 679. The molecule has 9 heteroatoms. The summed E-state index contributed by atoms with van der Waals surface area (Å²) in [7, 11) is 1.73. The number of carbonyl (C=O) groups is 1. The molecule has 0 aliphatic heterocycles. The van der Waals surface area contributed by atoms with Crippen LogP contribution in [0.2, 0.25) is 0 Å². The van der Waals surface area contributed by atoms with Crippen LogP contribution in [0.3, 0.4) is 0 Å². The zero-order valence-electron chi connectivity index (χ0n) is 19.3. The largest absolute Gasteiger partial charge is 0.444 e. The second kappa shape index (κ2) is 11.6. The van der Waals surface area contributed by atoms with Gasteiger partial charge in [-0.15, -0.1) is 24.0 Å². The summed E-state index contributed by atoms with van der Waals surface area (Å²) in [6.07, 6.45) is -0.430. The van der Waals surface area contributed by atoms with Gasteiger partial charge in [-0.3, -0.25) is 9.67 Å². The highest BCUT2D eigenvalue weighted by atomic mass is 127. The van der Waals surface area contributed by atoms with E-state index in [1.54, 1.807) is 7.05 Å². The number of guanidine groups is 1. The number of hydrogen-bond donors (Lipinski definition) is 3. The molecule has 0 aliphatic rings. The Kier molecular flexibility index (Phi) is 11.0. The van der Waals surface area contributed by atoms with E-state index >= 15 is 0 Å². The average molecular weight is 522 g/mol. The summed E-state index contributed by atoms with van der Waals surface area (Å²) in [5.74, 6) is 1.07. The lowest BCUT2D eigenvalue weighted by Gasteiger charge is -2.29. The Morgan fingerprint density at radius 1 is 1.24 bits per heavy atom. The number of hydrogen-bond acceptors (Lipinski definition) is 4. The van der Waals surface area contributed by atoms with Gasteiger partial charge in [-0.25, -0.2) is 4.79 Å². The second-order valence-electron chi connectivity index (χ2n) is 9.03. The molecule has 29 heavy (non-hydrogen) atoms. The van der Waals surface area contributed by atoms with Gasteiger partial charge in [-0.05, 0) is 60.5 Å². The van der Waals surface area contributed by atoms with Gasteiger partial charge < -0.3 is 20.7 Å². The molecule has 1 heterocycles. The van der Waals surface area contributed by atoms with Gasteiger partial charge in [0.05, 0.1) is 11.2 Å². The SMILES string of the molecule is CN=C(NCC(C)Cn1nc(C)cc1C)NCC(C)(C)NC(=O)OC(C)(C)C.I. The number of halogens is 1. The lowest BCUT2D eigenvalue weighted by atomic mass is 10.1. The van der Waals surface area contributed by atoms with Gasteiger partial charge in [-0.2, -0.15) is 5.10 Å². The zero-order valence-corrected chi connectivity index (χ0v) is 21.7. The van der Waals surface area contributed by atoms with Crippen molar-refractivity contribution in [3.8, 4) is 0 Å². The van der Waals surface area contributed by atoms with Crippen molar-refractivity contribution in [1.82, 2.24) is 25.7 Å². The van der Waals surface area contributed by atoms with Gasteiger partial charge in [0, 0.05) is 32.4 Å². The first-order valence-electron chi connectivity index (χ1n) is 9.78. The molecule has 1 amide bonds. The number of nitrogens with zero attached hydrogens (tertiary/aromatic N) is 3. The summed E-state index contributed by atoms with van der Waals surface area (Å²) in [6.45, 7) is 17.8. The topological polar surface area (TPSA) is 92.6 Å². The van der Waals surface area contributed by atoms with E-state index in [2.05, 4.69) is 46.0 Å². The third kappa shape index (κ3) is 11.3. The maximum Gasteiger partial charge on any atom is 0.408 e. The lowest BCUT2D eigenvalue weighted by molar-refractivity contribution is 0.0474. The Hall–Kier alpha value is -1.52. The second-order valence-corrected chi connectivity index (χ2v) is 9.03. The number of ether oxygens (including phenoxy) is 1. The highest BCUT2D eigenvalue weighted by Crippen LogP contribution is 2.09. The predicted molar refractivity (Wildman–Crippen MR) is 129 cm³/mol. The molecule has 1 aromatic heterocycles. The molecule has 168 valence electrons. The maximum absolute atomic E-state index is 12.0. The van der Waals surface area contributed by atoms with E-state index in [1.165, 1.54) is 5.69 Å². The summed E-state index contributed by atoms with van der Waals surface area (Å²) in [4.78, 5) is 16.2. The fraction of sp³-hybridized carbons (Fsp3) is 0.750. The molecule has 1 aromatic rings. The van der Waals surface area contributed by atoms with E-state index in [4.69, 9.17) is 4.74 Å². The third-order valence-electron chi connectivity index (χ3n) is 3.97. The monoisotopic (exact) mass is 522 g/mol. The number of amides is 1. The maximum atomic E-state index is 12.0. The van der Waals surface area contributed by atoms with Crippen molar-refractivity contribution >= 4 is 36.0 Å². The summed E-state index contributed by atoms with van der Waals surface area (Å²) >= 11 is 0.